The number of pyridine rings is 2. The molecule has 4 aromatic rings. The van der Waals surface area contributed by atoms with Crippen LogP contribution < -0.4 is 4.74 Å². The second-order valence-corrected chi connectivity index (χ2v) is 7.23. The minimum Gasteiger partial charge on any atom is -0.487 e. The van der Waals surface area contributed by atoms with E-state index in [1.807, 2.05) is 18.2 Å². The Morgan fingerprint density at radius 2 is 1.70 bits per heavy atom. The predicted octanol–water partition coefficient (Wildman–Crippen LogP) is 4.82. The Balaban J connectivity index is 1.40. The molecule has 0 radical (unpaired) electrons. The molecule has 0 N–H and O–H groups in total. The Kier molecular flexibility index (Phi) is 4.47. The molecule has 0 unspecified atom stereocenters. The van der Waals surface area contributed by atoms with Crippen molar-refractivity contribution in [2.75, 3.05) is 0 Å². The van der Waals surface area contributed by atoms with Gasteiger partial charge in [0.2, 0.25) is 0 Å². The Labute approximate surface area is 171 Å². The molecule has 0 saturated heterocycles. The van der Waals surface area contributed by atoms with Crippen molar-refractivity contribution in [1.29, 1.82) is 0 Å². The number of hydrogen-bond acceptors (Lipinski definition) is 4. The van der Waals surface area contributed by atoms with Gasteiger partial charge in [-0.2, -0.15) is 0 Å². The monoisotopic (exact) mass is 402 g/mol. The van der Waals surface area contributed by atoms with Crippen molar-refractivity contribution < 1.29 is 18.3 Å². The lowest BCUT2D eigenvalue weighted by molar-refractivity contribution is 0.103. The van der Waals surface area contributed by atoms with Gasteiger partial charge in [0.15, 0.2) is 17.4 Å². The van der Waals surface area contributed by atoms with Gasteiger partial charge in [-0.25, -0.2) is 13.8 Å². The maximum atomic E-state index is 13.5. The molecular weight excluding hydrogens is 386 g/mol. The maximum Gasteiger partial charge on any atom is 0.195 e. The first kappa shape index (κ1) is 18.4. The number of hydrogen-bond donors (Lipinski definition) is 0. The summed E-state index contributed by atoms with van der Waals surface area (Å²) >= 11 is 0. The number of halogens is 2. The van der Waals surface area contributed by atoms with E-state index in [2.05, 4.69) is 9.97 Å². The lowest BCUT2D eigenvalue weighted by atomic mass is 10.00. The number of ether oxygens (including phenoxy) is 1. The van der Waals surface area contributed by atoms with Crippen LogP contribution in [0.2, 0.25) is 0 Å². The molecule has 0 fully saturated rings. The second-order valence-electron chi connectivity index (χ2n) is 7.23. The average molecular weight is 402 g/mol. The van der Waals surface area contributed by atoms with Crippen molar-refractivity contribution in [2.45, 2.75) is 19.4 Å². The highest BCUT2D eigenvalue weighted by atomic mass is 19.2. The third-order valence-electron chi connectivity index (χ3n) is 5.32. The van der Waals surface area contributed by atoms with Gasteiger partial charge in [-0.3, -0.25) is 9.78 Å². The minimum atomic E-state index is -0.938. The zero-order valence-electron chi connectivity index (χ0n) is 15.9. The number of carbonyl (C=O) groups is 1. The zero-order valence-corrected chi connectivity index (χ0v) is 15.9. The molecule has 2 aromatic heterocycles. The van der Waals surface area contributed by atoms with E-state index >= 15 is 0 Å². The molecule has 4 nitrogen and oxygen atoms in total. The number of aromatic nitrogens is 2. The van der Waals surface area contributed by atoms with E-state index in [1.165, 1.54) is 0 Å². The van der Waals surface area contributed by atoms with Crippen LogP contribution in [-0.4, -0.2) is 15.8 Å². The molecule has 0 spiro atoms. The summed E-state index contributed by atoms with van der Waals surface area (Å²) < 4.78 is 32.7. The smallest absolute Gasteiger partial charge is 0.195 e. The highest BCUT2D eigenvalue weighted by molar-refractivity contribution is 6.11. The van der Waals surface area contributed by atoms with Crippen molar-refractivity contribution in [1.82, 2.24) is 9.97 Å². The van der Waals surface area contributed by atoms with Crippen molar-refractivity contribution in [3.05, 3.63) is 101 Å². The maximum absolute atomic E-state index is 13.5. The van der Waals surface area contributed by atoms with Gasteiger partial charge in [0.25, 0.3) is 0 Å². The quantitative estimate of drug-likeness (QED) is 0.493. The SMILES string of the molecule is O=C1c2cnccc2CCc2ccc(OCc3ccc4cc(F)c(F)cc4n3)cc21. The fourth-order valence-corrected chi connectivity index (χ4v) is 3.73. The predicted molar refractivity (Wildman–Crippen MR) is 108 cm³/mol. The molecule has 148 valence electrons. The Morgan fingerprint density at radius 1 is 0.900 bits per heavy atom. The highest BCUT2D eigenvalue weighted by Gasteiger charge is 2.21. The van der Waals surface area contributed by atoms with E-state index in [0.29, 0.717) is 33.5 Å². The van der Waals surface area contributed by atoms with Crippen LogP contribution in [0.25, 0.3) is 10.9 Å². The van der Waals surface area contributed by atoms with Crippen molar-refractivity contribution in [3.63, 3.8) is 0 Å². The third kappa shape index (κ3) is 3.30. The van der Waals surface area contributed by atoms with Gasteiger partial charge in [0.1, 0.15) is 12.4 Å². The second kappa shape index (κ2) is 7.30. The fraction of sp³-hybridized carbons (Fsp3) is 0.125. The molecule has 0 amide bonds. The summed E-state index contributed by atoms with van der Waals surface area (Å²) in [6.45, 7) is 0.139. The molecular formula is C24H16F2N2O2. The zero-order chi connectivity index (χ0) is 20.7. The van der Waals surface area contributed by atoms with E-state index in [4.69, 9.17) is 4.74 Å². The van der Waals surface area contributed by atoms with Crippen LogP contribution in [0.15, 0.2) is 60.9 Å². The number of aryl methyl sites for hydroxylation is 2. The highest BCUT2D eigenvalue weighted by Crippen LogP contribution is 2.27. The van der Waals surface area contributed by atoms with Gasteiger partial charge in [-0.1, -0.05) is 12.1 Å². The van der Waals surface area contributed by atoms with E-state index in [0.717, 1.165) is 36.1 Å². The summed E-state index contributed by atoms with van der Waals surface area (Å²) in [4.78, 5) is 21.4. The van der Waals surface area contributed by atoms with Crippen LogP contribution in [0.1, 0.15) is 32.7 Å². The van der Waals surface area contributed by atoms with Crippen LogP contribution in [0.4, 0.5) is 8.78 Å². The molecule has 1 aliphatic carbocycles. The minimum absolute atomic E-state index is 0.0580. The van der Waals surface area contributed by atoms with E-state index in [1.54, 1.807) is 30.6 Å². The first-order chi connectivity index (χ1) is 14.6. The number of fused-ring (bicyclic) bond motifs is 3. The van der Waals surface area contributed by atoms with Crippen LogP contribution in [0.3, 0.4) is 0 Å². The molecule has 0 bridgehead atoms. The number of rotatable bonds is 3. The molecule has 30 heavy (non-hydrogen) atoms. The van der Waals surface area contributed by atoms with Gasteiger partial charge in [0.05, 0.1) is 11.2 Å². The normalized spacial score (nSPS) is 12.9. The number of ketones is 1. The van der Waals surface area contributed by atoms with Gasteiger partial charge in [0, 0.05) is 35.0 Å². The van der Waals surface area contributed by atoms with Crippen LogP contribution in [-0.2, 0) is 19.4 Å². The molecule has 0 aliphatic heterocycles. The molecule has 0 atom stereocenters. The molecule has 2 heterocycles. The summed E-state index contributed by atoms with van der Waals surface area (Å²) in [5.74, 6) is -1.36. The first-order valence-electron chi connectivity index (χ1n) is 9.56. The molecule has 1 aliphatic rings. The van der Waals surface area contributed by atoms with Crippen molar-refractivity contribution in [2.24, 2.45) is 0 Å². The lowest BCUT2D eigenvalue weighted by Crippen LogP contribution is -2.06. The Bertz CT molecular complexity index is 1300. The van der Waals surface area contributed by atoms with Gasteiger partial charge in [-0.05, 0) is 54.3 Å². The first-order valence-corrected chi connectivity index (χ1v) is 9.56. The van der Waals surface area contributed by atoms with Crippen LogP contribution >= 0.6 is 0 Å². The standard InChI is InChI=1S/C24H16F2N2O2/c25-21-9-16-3-5-17(28-23(16)11-22(21)26)13-30-18-6-4-14-1-2-15-7-8-27-12-20(15)24(29)19(14)10-18/h3-12H,1-2,13H2. The van der Waals surface area contributed by atoms with Gasteiger partial charge in [-0.15, -0.1) is 0 Å². The topological polar surface area (TPSA) is 52.1 Å². The van der Waals surface area contributed by atoms with E-state index < -0.39 is 11.6 Å². The molecule has 6 heteroatoms. The van der Waals surface area contributed by atoms with Crippen LogP contribution in [0, 0.1) is 11.6 Å². The van der Waals surface area contributed by atoms with Gasteiger partial charge >= 0.3 is 0 Å². The molecule has 5 rings (SSSR count). The number of carbonyl (C=O) groups excluding carboxylic acids is 1. The van der Waals surface area contributed by atoms with Crippen LogP contribution in [0.5, 0.6) is 5.75 Å². The largest absolute Gasteiger partial charge is 0.487 e. The fourth-order valence-electron chi connectivity index (χ4n) is 3.73. The summed E-state index contributed by atoms with van der Waals surface area (Å²) in [6, 6.07) is 12.9. The Hall–Kier alpha value is -3.67. The number of nitrogens with zero attached hydrogens (tertiary/aromatic N) is 2. The number of benzene rings is 2. The van der Waals surface area contributed by atoms with Crippen molar-refractivity contribution >= 4 is 16.7 Å². The summed E-state index contributed by atoms with van der Waals surface area (Å²) in [5.41, 5.74) is 4.14. The third-order valence-corrected chi connectivity index (χ3v) is 5.32. The summed E-state index contributed by atoms with van der Waals surface area (Å²) in [6.07, 6.45) is 4.87. The molecule has 2 aromatic carbocycles. The summed E-state index contributed by atoms with van der Waals surface area (Å²) in [7, 11) is 0. The van der Waals surface area contributed by atoms with Crippen molar-refractivity contribution in [3.8, 4) is 5.75 Å². The van der Waals surface area contributed by atoms with Gasteiger partial charge < -0.3 is 4.74 Å². The lowest BCUT2D eigenvalue weighted by Gasteiger charge is -2.10. The average Bonchev–Trinajstić information content (AvgIpc) is 2.90. The molecule has 0 saturated carbocycles. The summed E-state index contributed by atoms with van der Waals surface area (Å²) in [5, 5.41) is 0.514. The van der Waals surface area contributed by atoms with E-state index in [9.17, 15) is 13.6 Å². The Morgan fingerprint density at radius 3 is 2.57 bits per heavy atom. The van der Waals surface area contributed by atoms with E-state index in [-0.39, 0.29) is 12.4 Å².